The average Bonchev–Trinajstić information content (AvgIpc) is 2.16. The number of rotatable bonds is 1. The first kappa shape index (κ1) is 10.1. The third-order valence-electron chi connectivity index (χ3n) is 2.46. The molecule has 2 rings (SSSR count). The zero-order valence-electron chi connectivity index (χ0n) is 7.91. The fourth-order valence-corrected chi connectivity index (χ4v) is 1.75. The first-order valence-electron chi connectivity index (χ1n) is 4.76. The van der Waals surface area contributed by atoms with E-state index in [0.29, 0.717) is 12.8 Å². The van der Waals surface area contributed by atoms with Crippen LogP contribution in [0.1, 0.15) is 37.4 Å². The predicted octanol–water partition coefficient (Wildman–Crippen LogP) is 1.38. The summed E-state index contributed by atoms with van der Waals surface area (Å²) in [5.74, 6) is -0.693. The third kappa shape index (κ3) is 2.14. The van der Waals surface area contributed by atoms with E-state index in [4.69, 9.17) is 0 Å². The first-order chi connectivity index (χ1) is 7.16. The Morgan fingerprint density at radius 2 is 1.73 bits per heavy atom. The number of ketones is 1. The van der Waals surface area contributed by atoms with Gasteiger partial charge in [0.05, 0.1) is 5.92 Å². The number of nitrogens with zero attached hydrogens (tertiary/aromatic N) is 3. The van der Waals surface area contributed by atoms with E-state index in [1.54, 1.807) is 0 Å². The van der Waals surface area contributed by atoms with Crippen LogP contribution in [0.3, 0.4) is 0 Å². The quantitative estimate of drug-likeness (QED) is 0.707. The van der Waals surface area contributed by atoms with E-state index < -0.39 is 18.1 Å². The van der Waals surface area contributed by atoms with Crippen molar-refractivity contribution < 1.29 is 13.6 Å². The summed E-state index contributed by atoms with van der Waals surface area (Å²) in [6.45, 7) is 0. The molecule has 0 aromatic carbocycles. The van der Waals surface area contributed by atoms with E-state index >= 15 is 0 Å². The van der Waals surface area contributed by atoms with E-state index in [9.17, 15) is 13.6 Å². The molecular weight excluding hydrogens is 204 g/mol. The van der Waals surface area contributed by atoms with Gasteiger partial charge in [0.15, 0.2) is 0 Å². The second-order valence-electron chi connectivity index (χ2n) is 3.50. The van der Waals surface area contributed by atoms with Gasteiger partial charge in [0.25, 0.3) is 0 Å². The largest absolute Gasteiger partial charge is 0.314 e. The molecule has 0 saturated heterocycles. The lowest BCUT2D eigenvalue weighted by Gasteiger charge is -2.18. The highest BCUT2D eigenvalue weighted by molar-refractivity contribution is 5.85. The van der Waals surface area contributed by atoms with Gasteiger partial charge in [-0.25, -0.2) is 0 Å². The Hall–Kier alpha value is -1.46. The molecule has 1 aromatic rings. The summed E-state index contributed by atoms with van der Waals surface area (Å²) in [6, 6.07) is 0. The van der Waals surface area contributed by atoms with Crippen molar-refractivity contribution >= 4 is 5.78 Å². The summed E-state index contributed by atoms with van der Waals surface area (Å²) in [4.78, 5) is 21.0. The Morgan fingerprint density at radius 3 is 2.33 bits per heavy atom. The molecule has 0 aliphatic heterocycles. The molecule has 1 atom stereocenters. The summed E-state index contributed by atoms with van der Waals surface area (Å²) in [7, 11) is 0. The molecule has 1 saturated carbocycles. The van der Waals surface area contributed by atoms with Gasteiger partial charge in [0.1, 0.15) is 11.6 Å². The highest BCUT2D eigenvalue weighted by Gasteiger charge is 2.27. The van der Waals surface area contributed by atoms with Crippen LogP contribution in [0.25, 0.3) is 0 Å². The van der Waals surface area contributed by atoms with Crippen molar-refractivity contribution in [1.29, 1.82) is 0 Å². The Morgan fingerprint density at radius 1 is 1.07 bits per heavy atom. The van der Waals surface area contributed by atoms with E-state index in [1.165, 1.54) is 0 Å². The average molecular weight is 213 g/mol. The van der Waals surface area contributed by atoms with Gasteiger partial charge in [-0.05, 0) is 12.8 Å². The third-order valence-corrected chi connectivity index (χ3v) is 2.46. The van der Waals surface area contributed by atoms with Crippen molar-refractivity contribution in [3.05, 3.63) is 18.0 Å². The summed E-state index contributed by atoms with van der Waals surface area (Å²) >= 11 is 0. The number of carbonyl (C=O) groups is 1. The van der Waals surface area contributed by atoms with E-state index in [0.717, 1.165) is 12.8 Å². The van der Waals surface area contributed by atoms with Crippen LogP contribution < -0.4 is 0 Å². The molecule has 0 spiro atoms. The molecule has 0 N–H and O–H groups in total. The van der Waals surface area contributed by atoms with E-state index in [2.05, 4.69) is 15.0 Å². The van der Waals surface area contributed by atoms with Gasteiger partial charge in [-0.15, -0.1) is 0 Å². The molecule has 1 aliphatic rings. The minimum atomic E-state index is -1.17. The number of hydrogen-bond acceptors (Lipinski definition) is 4. The highest BCUT2D eigenvalue weighted by Crippen LogP contribution is 2.27. The fourth-order valence-electron chi connectivity index (χ4n) is 1.75. The minimum Gasteiger partial charge on any atom is -0.299 e. The van der Waals surface area contributed by atoms with Gasteiger partial charge < -0.3 is 0 Å². The molecule has 1 fully saturated rings. The number of carbonyl (C=O) groups excluding carboxylic acids is 1. The maximum Gasteiger partial charge on any atom is 0.314 e. The molecule has 0 bridgehead atoms. The monoisotopic (exact) mass is 213 g/mol. The van der Waals surface area contributed by atoms with Crippen molar-refractivity contribution in [2.24, 2.45) is 0 Å². The smallest absolute Gasteiger partial charge is 0.299 e. The Labute approximate surface area is 84.8 Å². The molecule has 1 unspecified atom stereocenters. The summed E-state index contributed by atoms with van der Waals surface area (Å²) in [6.07, 6.45) is 0.324. The molecule has 15 heavy (non-hydrogen) atoms. The second kappa shape index (κ2) is 3.96. The van der Waals surface area contributed by atoms with Gasteiger partial charge in [-0.1, -0.05) is 6.42 Å². The topological polar surface area (TPSA) is 55.7 Å². The molecule has 1 aromatic heterocycles. The summed E-state index contributed by atoms with van der Waals surface area (Å²) in [5, 5.41) is 0. The van der Waals surface area contributed by atoms with Crippen LogP contribution >= 0.6 is 0 Å². The van der Waals surface area contributed by atoms with Gasteiger partial charge in [0, 0.05) is 6.42 Å². The number of aromatic nitrogens is 3. The molecule has 6 heteroatoms. The van der Waals surface area contributed by atoms with Crippen molar-refractivity contribution in [1.82, 2.24) is 15.0 Å². The molecule has 80 valence electrons. The molecule has 1 aliphatic carbocycles. The van der Waals surface area contributed by atoms with Gasteiger partial charge in [0.2, 0.25) is 0 Å². The molecule has 0 amide bonds. The highest BCUT2D eigenvalue weighted by atomic mass is 19.1. The SMILES string of the molecule is O=C1CCCCC1c1nc(F)nc(F)n1. The number of halogens is 2. The molecule has 4 nitrogen and oxygen atoms in total. The minimum absolute atomic E-state index is 0.0498. The first-order valence-corrected chi connectivity index (χ1v) is 4.76. The second-order valence-corrected chi connectivity index (χ2v) is 3.50. The Kier molecular flexibility index (Phi) is 2.66. The maximum atomic E-state index is 12.7. The predicted molar refractivity (Wildman–Crippen MR) is 46.0 cm³/mol. The van der Waals surface area contributed by atoms with Crippen LogP contribution in [-0.4, -0.2) is 20.7 Å². The van der Waals surface area contributed by atoms with Crippen molar-refractivity contribution in [2.75, 3.05) is 0 Å². The lowest BCUT2D eigenvalue weighted by atomic mass is 9.87. The van der Waals surface area contributed by atoms with Crippen LogP contribution in [-0.2, 0) is 4.79 Å². The van der Waals surface area contributed by atoms with Crippen LogP contribution in [0.15, 0.2) is 0 Å². The fraction of sp³-hybridized carbons (Fsp3) is 0.556. The molecule has 1 heterocycles. The van der Waals surface area contributed by atoms with Crippen LogP contribution in [0.2, 0.25) is 0 Å². The Balaban J connectivity index is 2.31. The van der Waals surface area contributed by atoms with Crippen LogP contribution in [0.5, 0.6) is 0 Å². The van der Waals surface area contributed by atoms with Crippen molar-refractivity contribution in [2.45, 2.75) is 31.6 Å². The number of hydrogen-bond donors (Lipinski definition) is 0. The van der Waals surface area contributed by atoms with Gasteiger partial charge in [-0.3, -0.25) is 4.79 Å². The standard InChI is InChI=1S/C9H9F2N3O/c10-8-12-7(13-9(11)14-8)5-3-1-2-4-6(5)15/h5H,1-4H2. The summed E-state index contributed by atoms with van der Waals surface area (Å²) in [5.41, 5.74) is 0. The van der Waals surface area contributed by atoms with Crippen LogP contribution in [0.4, 0.5) is 8.78 Å². The molecule has 0 radical (unpaired) electrons. The van der Waals surface area contributed by atoms with Crippen LogP contribution in [0, 0.1) is 12.2 Å². The van der Waals surface area contributed by atoms with Crippen molar-refractivity contribution in [3.63, 3.8) is 0 Å². The maximum absolute atomic E-state index is 12.7. The van der Waals surface area contributed by atoms with Crippen molar-refractivity contribution in [3.8, 4) is 0 Å². The lowest BCUT2D eigenvalue weighted by Crippen LogP contribution is -2.21. The molecular formula is C9H9F2N3O. The van der Waals surface area contributed by atoms with Gasteiger partial charge in [-0.2, -0.15) is 23.7 Å². The number of Topliss-reactive ketones (excluding diaryl/α,β-unsaturated/α-hetero) is 1. The summed E-state index contributed by atoms with van der Waals surface area (Å²) < 4.78 is 25.4. The Bertz CT molecular complexity index is 377. The zero-order chi connectivity index (χ0) is 10.8. The van der Waals surface area contributed by atoms with E-state index in [1.807, 2.05) is 0 Å². The zero-order valence-corrected chi connectivity index (χ0v) is 7.91. The van der Waals surface area contributed by atoms with Gasteiger partial charge >= 0.3 is 12.2 Å². The van der Waals surface area contributed by atoms with E-state index in [-0.39, 0.29) is 11.6 Å². The normalized spacial score (nSPS) is 21.7. The lowest BCUT2D eigenvalue weighted by molar-refractivity contribution is -0.122.